The van der Waals surface area contributed by atoms with Crippen LogP contribution in [-0.4, -0.2) is 29.8 Å². The van der Waals surface area contributed by atoms with Gasteiger partial charge < -0.3 is 19.6 Å². The molecule has 5 nitrogen and oxygen atoms in total. The van der Waals surface area contributed by atoms with Gasteiger partial charge in [-0.3, -0.25) is 0 Å². The third kappa shape index (κ3) is 2.47. The van der Waals surface area contributed by atoms with E-state index in [-0.39, 0.29) is 17.9 Å². The molecule has 0 amide bonds. The topological polar surface area (TPSA) is 71.6 Å². The van der Waals surface area contributed by atoms with E-state index in [1.54, 1.807) is 45.2 Å². The summed E-state index contributed by atoms with van der Waals surface area (Å²) in [5, 5.41) is 10.2. The molecule has 1 aromatic carbocycles. The molecule has 0 aliphatic carbocycles. The van der Waals surface area contributed by atoms with E-state index < -0.39 is 5.97 Å². The zero-order valence-corrected chi connectivity index (χ0v) is 11.7. The number of carbonyl (C=O) groups excluding carboxylic acids is 1. The van der Waals surface area contributed by atoms with Crippen LogP contribution in [0, 0.1) is 6.92 Å². The molecular weight excluding hydrogens is 258 g/mol. The smallest absolute Gasteiger partial charge is 0.343 e. The van der Waals surface area contributed by atoms with E-state index in [0.29, 0.717) is 11.4 Å². The summed E-state index contributed by atoms with van der Waals surface area (Å²) in [6, 6.07) is 7.18. The van der Waals surface area contributed by atoms with E-state index in [4.69, 9.17) is 9.47 Å². The molecule has 2 aromatic rings. The number of H-pyrrole nitrogens is 1. The van der Waals surface area contributed by atoms with Gasteiger partial charge in [0.1, 0.15) is 11.3 Å². The highest BCUT2D eigenvalue weighted by Gasteiger charge is 2.22. The second-order valence-electron chi connectivity index (χ2n) is 4.30. The molecule has 0 fully saturated rings. The number of hydrogen-bond acceptors (Lipinski definition) is 4. The zero-order valence-electron chi connectivity index (χ0n) is 11.7. The lowest BCUT2D eigenvalue weighted by atomic mass is 10.1. The van der Waals surface area contributed by atoms with Crippen molar-refractivity contribution >= 4 is 5.97 Å². The van der Waals surface area contributed by atoms with Crippen LogP contribution in [0.15, 0.2) is 24.3 Å². The molecule has 0 aliphatic rings. The zero-order chi connectivity index (χ0) is 14.7. The van der Waals surface area contributed by atoms with Crippen LogP contribution in [0.2, 0.25) is 0 Å². The van der Waals surface area contributed by atoms with E-state index in [1.165, 1.54) is 0 Å². The first kappa shape index (κ1) is 14.0. The number of ether oxygens (including phenoxy) is 2. The molecule has 2 rings (SSSR count). The monoisotopic (exact) mass is 275 g/mol. The first-order chi connectivity index (χ1) is 9.58. The minimum absolute atomic E-state index is 0.0916. The second-order valence-corrected chi connectivity index (χ2v) is 4.30. The molecule has 0 spiro atoms. The van der Waals surface area contributed by atoms with Crippen LogP contribution in [-0.2, 0) is 4.74 Å². The summed E-state index contributed by atoms with van der Waals surface area (Å²) < 4.78 is 10.0. The first-order valence-electron chi connectivity index (χ1n) is 6.31. The average Bonchev–Trinajstić information content (AvgIpc) is 2.74. The van der Waals surface area contributed by atoms with E-state index in [0.717, 1.165) is 11.3 Å². The van der Waals surface area contributed by atoms with E-state index in [9.17, 15) is 9.90 Å². The Kier molecular flexibility index (Phi) is 3.98. The number of esters is 1. The number of nitrogens with one attached hydrogen (secondary N) is 1. The minimum atomic E-state index is -0.529. The first-order valence-corrected chi connectivity index (χ1v) is 6.31. The molecule has 1 heterocycles. The third-order valence-electron chi connectivity index (χ3n) is 3.02. The van der Waals surface area contributed by atoms with Crippen LogP contribution >= 0.6 is 0 Å². The Hall–Kier alpha value is -2.43. The fraction of sp³-hybridized carbons (Fsp3) is 0.267. The van der Waals surface area contributed by atoms with Crippen molar-refractivity contribution in [2.75, 3.05) is 13.7 Å². The highest BCUT2D eigenvalue weighted by atomic mass is 16.5. The predicted molar refractivity (Wildman–Crippen MR) is 75.1 cm³/mol. The van der Waals surface area contributed by atoms with Gasteiger partial charge in [0.2, 0.25) is 0 Å². The van der Waals surface area contributed by atoms with Crippen LogP contribution in [0.4, 0.5) is 0 Å². The summed E-state index contributed by atoms with van der Waals surface area (Å²) in [5.74, 6) is 0.103. The number of carbonyl (C=O) groups is 1. The summed E-state index contributed by atoms with van der Waals surface area (Å²) in [6.45, 7) is 3.71. The Morgan fingerprint density at radius 3 is 2.50 bits per heavy atom. The third-order valence-corrected chi connectivity index (χ3v) is 3.02. The van der Waals surface area contributed by atoms with Gasteiger partial charge in [-0.1, -0.05) is 0 Å². The fourth-order valence-corrected chi connectivity index (χ4v) is 2.03. The minimum Gasteiger partial charge on any atom is -0.505 e. The molecule has 0 aliphatic heterocycles. The fourth-order valence-electron chi connectivity index (χ4n) is 2.03. The van der Waals surface area contributed by atoms with Gasteiger partial charge in [0.15, 0.2) is 5.75 Å². The second kappa shape index (κ2) is 5.69. The van der Waals surface area contributed by atoms with Crippen molar-refractivity contribution in [1.82, 2.24) is 4.98 Å². The highest BCUT2D eigenvalue weighted by Crippen LogP contribution is 2.35. The molecule has 106 valence electrons. The number of benzene rings is 1. The van der Waals surface area contributed by atoms with Crippen molar-refractivity contribution in [2.45, 2.75) is 13.8 Å². The number of aromatic hydroxyl groups is 1. The molecule has 20 heavy (non-hydrogen) atoms. The molecule has 5 heteroatoms. The number of aryl methyl sites for hydroxylation is 1. The van der Waals surface area contributed by atoms with Crippen LogP contribution < -0.4 is 4.74 Å². The standard InChI is InChI=1S/C15H17NO4/c1-4-20-15(18)12-9(2)16-13(14(12)17)10-5-7-11(19-3)8-6-10/h5-8,16-17H,4H2,1-3H3. The molecule has 1 aromatic heterocycles. The van der Waals surface area contributed by atoms with Crippen molar-refractivity contribution in [1.29, 1.82) is 0 Å². The molecule has 0 radical (unpaired) electrons. The van der Waals surface area contributed by atoms with Crippen molar-refractivity contribution < 1.29 is 19.4 Å². The maximum Gasteiger partial charge on any atom is 0.343 e. The SMILES string of the molecule is CCOC(=O)c1c(C)[nH]c(-c2ccc(OC)cc2)c1O. The van der Waals surface area contributed by atoms with Crippen molar-refractivity contribution in [2.24, 2.45) is 0 Å². The molecule has 0 unspecified atom stereocenters. The predicted octanol–water partition coefficient (Wildman–Crippen LogP) is 2.88. The van der Waals surface area contributed by atoms with Crippen LogP contribution in [0.3, 0.4) is 0 Å². The van der Waals surface area contributed by atoms with E-state index in [1.807, 2.05) is 0 Å². The van der Waals surface area contributed by atoms with Gasteiger partial charge >= 0.3 is 5.97 Å². The molecule has 0 atom stereocenters. The summed E-state index contributed by atoms with van der Waals surface area (Å²) in [4.78, 5) is 14.8. The van der Waals surface area contributed by atoms with Gasteiger partial charge in [-0.05, 0) is 38.1 Å². The number of hydrogen-bond donors (Lipinski definition) is 2. The van der Waals surface area contributed by atoms with Crippen molar-refractivity contribution in [3.05, 3.63) is 35.5 Å². The maximum atomic E-state index is 11.8. The Morgan fingerprint density at radius 2 is 1.95 bits per heavy atom. The average molecular weight is 275 g/mol. The van der Waals surface area contributed by atoms with Gasteiger partial charge in [0.25, 0.3) is 0 Å². The van der Waals surface area contributed by atoms with Crippen molar-refractivity contribution in [3.63, 3.8) is 0 Å². The Morgan fingerprint density at radius 1 is 1.30 bits per heavy atom. The lowest BCUT2D eigenvalue weighted by Gasteiger charge is -2.03. The molecular formula is C15H17NO4. The highest BCUT2D eigenvalue weighted by molar-refractivity contribution is 5.96. The number of methoxy groups -OCH3 is 1. The summed E-state index contributed by atoms with van der Waals surface area (Å²) in [6.07, 6.45) is 0. The van der Waals surface area contributed by atoms with Crippen LogP contribution in [0.1, 0.15) is 23.0 Å². The quantitative estimate of drug-likeness (QED) is 0.842. The Balaban J connectivity index is 2.42. The molecule has 0 bridgehead atoms. The number of aromatic nitrogens is 1. The molecule has 2 N–H and O–H groups in total. The van der Waals surface area contributed by atoms with Crippen LogP contribution in [0.5, 0.6) is 11.5 Å². The summed E-state index contributed by atoms with van der Waals surface area (Å²) in [5.41, 5.74) is 2.01. The largest absolute Gasteiger partial charge is 0.505 e. The van der Waals surface area contributed by atoms with E-state index >= 15 is 0 Å². The lowest BCUT2D eigenvalue weighted by Crippen LogP contribution is -2.05. The summed E-state index contributed by atoms with van der Waals surface area (Å²) in [7, 11) is 1.59. The van der Waals surface area contributed by atoms with Gasteiger partial charge in [-0.2, -0.15) is 0 Å². The lowest BCUT2D eigenvalue weighted by molar-refractivity contribution is 0.0522. The molecule has 0 saturated heterocycles. The molecule has 0 saturated carbocycles. The van der Waals surface area contributed by atoms with Crippen LogP contribution in [0.25, 0.3) is 11.3 Å². The number of aromatic amines is 1. The van der Waals surface area contributed by atoms with Crippen molar-refractivity contribution in [3.8, 4) is 22.8 Å². The summed E-state index contributed by atoms with van der Waals surface area (Å²) >= 11 is 0. The normalized spacial score (nSPS) is 10.3. The Bertz CT molecular complexity index is 614. The Labute approximate surface area is 117 Å². The maximum absolute atomic E-state index is 11.8. The van der Waals surface area contributed by atoms with Gasteiger partial charge in [0.05, 0.1) is 19.4 Å². The van der Waals surface area contributed by atoms with Gasteiger partial charge in [-0.15, -0.1) is 0 Å². The van der Waals surface area contributed by atoms with Gasteiger partial charge in [-0.25, -0.2) is 4.79 Å². The van der Waals surface area contributed by atoms with Gasteiger partial charge in [0, 0.05) is 11.3 Å². The van der Waals surface area contributed by atoms with E-state index in [2.05, 4.69) is 4.98 Å². The number of rotatable bonds is 4.